The van der Waals surface area contributed by atoms with Crippen LogP contribution in [0, 0.1) is 5.92 Å². The summed E-state index contributed by atoms with van der Waals surface area (Å²) >= 11 is 0. The van der Waals surface area contributed by atoms with Crippen LogP contribution in [0.15, 0.2) is 30.3 Å². The van der Waals surface area contributed by atoms with Crippen molar-refractivity contribution in [2.75, 3.05) is 6.61 Å². The van der Waals surface area contributed by atoms with Crippen LogP contribution in [0.4, 0.5) is 13.2 Å². The minimum absolute atomic E-state index is 0.357. The maximum Gasteiger partial charge on any atom is 0.522 e. The normalized spacial score (nSPS) is 13.5. The third-order valence-corrected chi connectivity index (χ3v) is 2.00. The van der Waals surface area contributed by atoms with Crippen LogP contribution < -0.4 is 0 Å². The van der Waals surface area contributed by atoms with Crippen molar-refractivity contribution in [3.63, 3.8) is 0 Å². The second-order valence-corrected chi connectivity index (χ2v) is 3.39. The first-order chi connectivity index (χ1) is 7.40. The summed E-state index contributed by atoms with van der Waals surface area (Å²) in [4.78, 5) is 11.6. The van der Waals surface area contributed by atoms with Gasteiger partial charge >= 0.3 is 6.36 Å². The van der Waals surface area contributed by atoms with Crippen LogP contribution in [0.3, 0.4) is 0 Å². The Morgan fingerprint density at radius 2 is 1.88 bits per heavy atom. The zero-order valence-corrected chi connectivity index (χ0v) is 8.62. The van der Waals surface area contributed by atoms with Gasteiger partial charge in [-0.2, -0.15) is 0 Å². The van der Waals surface area contributed by atoms with Gasteiger partial charge in [0.1, 0.15) is 0 Å². The number of alkyl halides is 3. The van der Waals surface area contributed by atoms with Crippen LogP contribution in [0.1, 0.15) is 17.3 Å². The summed E-state index contributed by atoms with van der Waals surface area (Å²) in [5.74, 6) is -1.17. The van der Waals surface area contributed by atoms with E-state index >= 15 is 0 Å². The molecule has 1 rings (SSSR count). The van der Waals surface area contributed by atoms with E-state index in [0.717, 1.165) is 0 Å². The second kappa shape index (κ2) is 5.12. The van der Waals surface area contributed by atoms with Gasteiger partial charge in [-0.1, -0.05) is 37.3 Å². The maximum atomic E-state index is 11.7. The van der Waals surface area contributed by atoms with E-state index in [9.17, 15) is 18.0 Å². The first-order valence-electron chi connectivity index (χ1n) is 4.70. The molecule has 5 heteroatoms. The number of hydrogen-bond donors (Lipinski definition) is 0. The van der Waals surface area contributed by atoms with Crippen LogP contribution in [0.2, 0.25) is 0 Å². The summed E-state index contributed by atoms with van der Waals surface area (Å²) < 4.78 is 38.9. The molecule has 16 heavy (non-hydrogen) atoms. The lowest BCUT2D eigenvalue weighted by molar-refractivity contribution is -0.326. The molecular weight excluding hydrogens is 221 g/mol. The summed E-state index contributed by atoms with van der Waals surface area (Å²) in [6, 6.07) is 8.17. The van der Waals surface area contributed by atoms with Gasteiger partial charge in [0.2, 0.25) is 0 Å². The summed E-state index contributed by atoms with van der Waals surface area (Å²) in [5.41, 5.74) is 0.390. The van der Waals surface area contributed by atoms with Gasteiger partial charge in [-0.05, 0) is 0 Å². The number of hydrogen-bond acceptors (Lipinski definition) is 2. The highest BCUT2D eigenvalue weighted by Crippen LogP contribution is 2.18. The first-order valence-corrected chi connectivity index (χ1v) is 4.70. The Balaban J connectivity index is 2.55. The number of benzene rings is 1. The monoisotopic (exact) mass is 232 g/mol. The molecule has 0 aliphatic heterocycles. The molecule has 0 N–H and O–H groups in total. The number of carbonyl (C=O) groups excluding carboxylic acids is 1. The molecule has 1 aromatic carbocycles. The Labute approximate surface area is 91.0 Å². The molecule has 0 fully saturated rings. The van der Waals surface area contributed by atoms with Crippen LogP contribution in [0.5, 0.6) is 0 Å². The molecule has 0 aromatic heterocycles. The van der Waals surface area contributed by atoms with Crippen molar-refractivity contribution in [1.29, 1.82) is 0 Å². The average molecular weight is 232 g/mol. The SMILES string of the molecule is C[C@H](COC(F)(F)F)C(=O)c1ccccc1. The summed E-state index contributed by atoms with van der Waals surface area (Å²) in [5, 5.41) is 0. The molecule has 0 aliphatic carbocycles. The molecule has 0 aliphatic rings. The first kappa shape index (κ1) is 12.7. The Hall–Kier alpha value is -1.36. The van der Waals surface area contributed by atoms with E-state index in [2.05, 4.69) is 4.74 Å². The molecule has 0 unspecified atom stereocenters. The van der Waals surface area contributed by atoms with Crippen LogP contribution in [-0.4, -0.2) is 18.8 Å². The van der Waals surface area contributed by atoms with Crippen molar-refractivity contribution in [3.05, 3.63) is 35.9 Å². The van der Waals surface area contributed by atoms with Gasteiger partial charge in [0.15, 0.2) is 5.78 Å². The average Bonchev–Trinajstić information content (AvgIpc) is 2.25. The number of rotatable bonds is 4. The predicted octanol–water partition coefficient (Wildman–Crippen LogP) is 3.04. The lowest BCUT2D eigenvalue weighted by atomic mass is 10.0. The molecule has 88 valence electrons. The van der Waals surface area contributed by atoms with E-state index in [4.69, 9.17) is 0 Å². The summed E-state index contributed by atoms with van der Waals surface area (Å²) in [6.45, 7) is 0.748. The number of halogens is 3. The lowest BCUT2D eigenvalue weighted by Gasteiger charge is -2.12. The number of carbonyl (C=O) groups is 1. The van der Waals surface area contributed by atoms with E-state index in [1.807, 2.05) is 0 Å². The van der Waals surface area contributed by atoms with Crippen molar-refractivity contribution >= 4 is 5.78 Å². The fourth-order valence-electron chi connectivity index (χ4n) is 1.18. The molecule has 0 radical (unpaired) electrons. The fraction of sp³-hybridized carbons (Fsp3) is 0.364. The summed E-state index contributed by atoms with van der Waals surface area (Å²) in [7, 11) is 0. The van der Waals surface area contributed by atoms with Crippen molar-refractivity contribution in [2.45, 2.75) is 13.3 Å². The highest BCUT2D eigenvalue weighted by atomic mass is 19.4. The van der Waals surface area contributed by atoms with Crippen LogP contribution in [-0.2, 0) is 4.74 Å². The minimum Gasteiger partial charge on any atom is -0.294 e. The van der Waals surface area contributed by atoms with Crippen molar-refractivity contribution < 1.29 is 22.7 Å². The predicted molar refractivity (Wildman–Crippen MR) is 51.9 cm³/mol. The number of ketones is 1. The minimum atomic E-state index is -4.69. The Morgan fingerprint density at radius 3 is 2.38 bits per heavy atom. The Kier molecular flexibility index (Phi) is 4.06. The van der Waals surface area contributed by atoms with E-state index in [-0.39, 0.29) is 5.78 Å². The lowest BCUT2D eigenvalue weighted by Crippen LogP contribution is -2.23. The van der Waals surface area contributed by atoms with E-state index in [1.165, 1.54) is 6.92 Å². The van der Waals surface area contributed by atoms with Crippen molar-refractivity contribution in [2.24, 2.45) is 5.92 Å². The third kappa shape index (κ3) is 4.02. The quantitative estimate of drug-likeness (QED) is 0.746. The fourth-order valence-corrected chi connectivity index (χ4v) is 1.18. The highest BCUT2D eigenvalue weighted by molar-refractivity contribution is 5.97. The van der Waals surface area contributed by atoms with E-state index < -0.39 is 18.9 Å². The van der Waals surface area contributed by atoms with Gasteiger partial charge in [0, 0.05) is 11.5 Å². The Bertz CT molecular complexity index is 346. The van der Waals surface area contributed by atoms with Gasteiger partial charge in [-0.15, -0.1) is 13.2 Å². The Morgan fingerprint density at radius 1 is 1.31 bits per heavy atom. The van der Waals surface area contributed by atoms with Gasteiger partial charge in [0.05, 0.1) is 6.61 Å². The molecule has 0 amide bonds. The standard InChI is InChI=1S/C11H11F3O2/c1-8(7-16-11(12,13)14)10(15)9-5-3-2-4-6-9/h2-6,8H,7H2,1H3/t8-/m1/s1. The van der Waals surface area contributed by atoms with Crippen molar-refractivity contribution in [1.82, 2.24) is 0 Å². The van der Waals surface area contributed by atoms with Gasteiger partial charge in [-0.25, -0.2) is 0 Å². The zero-order chi connectivity index (χ0) is 12.2. The van der Waals surface area contributed by atoms with Gasteiger partial charge < -0.3 is 0 Å². The van der Waals surface area contributed by atoms with Gasteiger partial charge in [-0.3, -0.25) is 9.53 Å². The van der Waals surface area contributed by atoms with E-state index in [0.29, 0.717) is 5.56 Å². The smallest absolute Gasteiger partial charge is 0.294 e. The molecule has 1 aromatic rings. The van der Waals surface area contributed by atoms with Crippen LogP contribution in [0.25, 0.3) is 0 Å². The topological polar surface area (TPSA) is 26.3 Å². The highest BCUT2D eigenvalue weighted by Gasteiger charge is 2.31. The number of Topliss-reactive ketones (excluding diaryl/α,β-unsaturated/α-hetero) is 1. The van der Waals surface area contributed by atoms with Crippen molar-refractivity contribution in [3.8, 4) is 0 Å². The molecular formula is C11H11F3O2. The molecule has 0 heterocycles. The summed E-state index contributed by atoms with van der Waals surface area (Å²) in [6.07, 6.45) is -4.69. The third-order valence-electron chi connectivity index (χ3n) is 2.00. The molecule has 2 nitrogen and oxygen atoms in total. The molecule has 0 spiro atoms. The molecule has 0 saturated carbocycles. The molecule has 1 atom stereocenters. The molecule has 0 bridgehead atoms. The molecule has 0 saturated heterocycles. The second-order valence-electron chi connectivity index (χ2n) is 3.39. The zero-order valence-electron chi connectivity index (χ0n) is 8.62. The van der Waals surface area contributed by atoms with E-state index in [1.54, 1.807) is 30.3 Å². The largest absolute Gasteiger partial charge is 0.522 e. The number of ether oxygens (including phenoxy) is 1. The maximum absolute atomic E-state index is 11.7. The van der Waals surface area contributed by atoms with Gasteiger partial charge in [0.25, 0.3) is 0 Å². The van der Waals surface area contributed by atoms with Crippen LogP contribution >= 0.6 is 0 Å².